The number of methoxy groups -OCH3 is 1. The molecule has 0 spiro atoms. The Balaban J connectivity index is 1.57. The van der Waals surface area contributed by atoms with Crippen LogP contribution < -0.4 is 15.4 Å². The lowest BCUT2D eigenvalue weighted by Gasteiger charge is -2.05. The number of halogens is 2. The number of nitrogens with zero attached hydrogens (tertiary/aromatic N) is 1. The van der Waals surface area contributed by atoms with Gasteiger partial charge in [0.2, 0.25) is 5.91 Å². The number of aromatic nitrogens is 1. The first-order valence-electron chi connectivity index (χ1n) is 8.29. The molecule has 148 valence electrons. The lowest BCUT2D eigenvalue weighted by molar-refractivity contribution is -0.115. The van der Waals surface area contributed by atoms with Crippen molar-refractivity contribution in [3.63, 3.8) is 0 Å². The summed E-state index contributed by atoms with van der Waals surface area (Å²) in [5.74, 6) is -0.688. The van der Waals surface area contributed by atoms with Crippen LogP contribution in [0.4, 0.5) is 9.52 Å². The maximum absolute atomic E-state index is 13.9. The normalized spacial score (nSPS) is 10.7. The van der Waals surface area contributed by atoms with E-state index in [1.807, 2.05) is 0 Å². The van der Waals surface area contributed by atoms with E-state index in [9.17, 15) is 9.18 Å². The van der Waals surface area contributed by atoms with Crippen molar-refractivity contribution in [2.24, 2.45) is 0 Å². The van der Waals surface area contributed by atoms with E-state index in [2.05, 4.69) is 15.6 Å². The van der Waals surface area contributed by atoms with Gasteiger partial charge < -0.3 is 10.1 Å². The Morgan fingerprint density at radius 3 is 2.72 bits per heavy atom. The van der Waals surface area contributed by atoms with Crippen molar-refractivity contribution < 1.29 is 13.9 Å². The van der Waals surface area contributed by atoms with Gasteiger partial charge in [-0.3, -0.25) is 10.1 Å². The number of ether oxygens (including phenoxy) is 1. The highest BCUT2D eigenvalue weighted by molar-refractivity contribution is 7.80. The van der Waals surface area contributed by atoms with Crippen LogP contribution in [0.25, 0.3) is 17.3 Å². The molecule has 0 aliphatic rings. The Labute approximate surface area is 181 Å². The number of hydrogen-bond donors (Lipinski definition) is 2. The fraction of sp³-hybridized carbons (Fsp3) is 0.0500. The molecule has 9 heteroatoms. The lowest BCUT2D eigenvalue weighted by Crippen LogP contribution is -2.32. The molecule has 0 aliphatic carbocycles. The number of nitrogens with one attached hydrogen (secondary N) is 2. The van der Waals surface area contributed by atoms with Crippen LogP contribution in [0, 0.1) is 5.82 Å². The molecule has 3 rings (SSSR count). The minimum Gasteiger partial charge on any atom is -0.494 e. The van der Waals surface area contributed by atoms with E-state index >= 15 is 0 Å². The Morgan fingerprint density at radius 1 is 1.28 bits per heavy atom. The van der Waals surface area contributed by atoms with Gasteiger partial charge >= 0.3 is 0 Å². The summed E-state index contributed by atoms with van der Waals surface area (Å²) >= 11 is 12.2. The van der Waals surface area contributed by atoms with Crippen LogP contribution in [0.15, 0.2) is 53.9 Å². The van der Waals surface area contributed by atoms with Gasteiger partial charge in [0, 0.05) is 22.0 Å². The highest BCUT2D eigenvalue weighted by Crippen LogP contribution is 2.28. The fourth-order valence-electron chi connectivity index (χ4n) is 2.32. The van der Waals surface area contributed by atoms with Crippen molar-refractivity contribution in [2.45, 2.75) is 0 Å². The smallest absolute Gasteiger partial charge is 0.250 e. The van der Waals surface area contributed by atoms with Crippen LogP contribution in [0.1, 0.15) is 5.56 Å². The maximum Gasteiger partial charge on any atom is 0.250 e. The molecule has 0 radical (unpaired) electrons. The molecule has 0 saturated carbocycles. The number of thiazole rings is 1. The minimum atomic E-state index is -0.470. The summed E-state index contributed by atoms with van der Waals surface area (Å²) in [7, 11) is 1.41. The number of carbonyl (C=O) groups is 1. The molecule has 2 N–H and O–H groups in total. The average molecular weight is 448 g/mol. The number of thiocarbonyl (C=S) groups is 1. The van der Waals surface area contributed by atoms with Crippen LogP contribution in [0.5, 0.6) is 5.75 Å². The van der Waals surface area contributed by atoms with Crippen molar-refractivity contribution in [1.82, 2.24) is 10.3 Å². The van der Waals surface area contributed by atoms with Gasteiger partial charge in [-0.05, 0) is 54.2 Å². The second kappa shape index (κ2) is 9.60. The van der Waals surface area contributed by atoms with E-state index in [0.717, 1.165) is 5.56 Å². The van der Waals surface area contributed by atoms with E-state index in [4.69, 9.17) is 28.6 Å². The standard InChI is InChI=1S/C20H15ClFN3O2S2/c1-27-17-8-5-13(10-15(17)22)16-11-29-20(23-16)25-19(28)24-18(26)9-4-12-2-6-14(21)7-3-12/h2-11H,1H3,(H2,23,24,25,26,28)/b9-4+. The van der Waals surface area contributed by atoms with E-state index in [-0.39, 0.29) is 16.8 Å². The summed E-state index contributed by atoms with van der Waals surface area (Å²) in [5.41, 5.74) is 2.02. The molecule has 3 aromatic rings. The van der Waals surface area contributed by atoms with E-state index in [1.165, 1.54) is 36.7 Å². The zero-order valence-corrected chi connectivity index (χ0v) is 17.5. The third-order valence-corrected chi connectivity index (χ3v) is 4.92. The first-order chi connectivity index (χ1) is 13.9. The van der Waals surface area contributed by atoms with Crippen molar-refractivity contribution >= 4 is 57.4 Å². The van der Waals surface area contributed by atoms with Crippen LogP contribution in [-0.4, -0.2) is 23.1 Å². The Kier molecular flexibility index (Phi) is 6.92. The van der Waals surface area contributed by atoms with Gasteiger partial charge in [-0.25, -0.2) is 9.37 Å². The Morgan fingerprint density at radius 2 is 2.03 bits per heavy atom. The zero-order valence-electron chi connectivity index (χ0n) is 15.1. The fourth-order valence-corrected chi connectivity index (χ4v) is 3.43. The van der Waals surface area contributed by atoms with Crippen molar-refractivity contribution in [3.8, 4) is 17.0 Å². The van der Waals surface area contributed by atoms with Gasteiger partial charge in [0.25, 0.3) is 0 Å². The highest BCUT2D eigenvalue weighted by atomic mass is 35.5. The van der Waals surface area contributed by atoms with Crippen molar-refractivity contribution in [3.05, 3.63) is 70.3 Å². The molecule has 1 aromatic heterocycles. The van der Waals surface area contributed by atoms with Crippen LogP contribution in [-0.2, 0) is 4.79 Å². The molecule has 0 fully saturated rings. The predicted octanol–water partition coefficient (Wildman–Crippen LogP) is 5.14. The molecule has 5 nitrogen and oxygen atoms in total. The van der Waals surface area contributed by atoms with E-state index < -0.39 is 5.82 Å². The Hall–Kier alpha value is -2.81. The van der Waals surface area contributed by atoms with Gasteiger partial charge in [-0.15, -0.1) is 11.3 Å². The zero-order chi connectivity index (χ0) is 20.8. The number of hydrogen-bond acceptors (Lipinski definition) is 5. The van der Waals surface area contributed by atoms with Gasteiger partial charge in [-0.2, -0.15) is 0 Å². The number of benzene rings is 2. The molecule has 0 atom stereocenters. The highest BCUT2D eigenvalue weighted by Gasteiger charge is 2.10. The molecule has 0 bridgehead atoms. The summed E-state index contributed by atoms with van der Waals surface area (Å²) in [4.78, 5) is 16.3. The molecule has 1 heterocycles. The summed E-state index contributed by atoms with van der Waals surface area (Å²) in [6.45, 7) is 0. The predicted molar refractivity (Wildman–Crippen MR) is 119 cm³/mol. The van der Waals surface area contributed by atoms with Gasteiger partial charge in [0.1, 0.15) is 0 Å². The third-order valence-electron chi connectivity index (χ3n) is 3.71. The molecular formula is C20H15ClFN3O2S2. The quantitative estimate of drug-likeness (QED) is 0.419. The molecule has 2 aromatic carbocycles. The van der Waals surface area contributed by atoms with Crippen molar-refractivity contribution in [1.29, 1.82) is 0 Å². The lowest BCUT2D eigenvalue weighted by atomic mass is 10.1. The summed E-state index contributed by atoms with van der Waals surface area (Å²) < 4.78 is 18.8. The van der Waals surface area contributed by atoms with Crippen molar-refractivity contribution in [2.75, 3.05) is 12.4 Å². The van der Waals surface area contributed by atoms with Gasteiger partial charge in [0.05, 0.1) is 12.8 Å². The number of rotatable bonds is 5. The number of carbonyl (C=O) groups excluding carboxylic acids is 1. The first kappa shape index (κ1) is 20.9. The van der Waals surface area contributed by atoms with E-state index in [0.29, 0.717) is 21.4 Å². The molecule has 1 amide bonds. The van der Waals surface area contributed by atoms with Gasteiger partial charge in [0.15, 0.2) is 21.8 Å². The second-order valence-corrected chi connectivity index (χ2v) is 7.42. The minimum absolute atomic E-state index is 0.109. The third kappa shape index (κ3) is 5.83. The Bertz CT molecular complexity index is 1070. The molecular weight excluding hydrogens is 433 g/mol. The van der Waals surface area contributed by atoms with Crippen LogP contribution in [0.3, 0.4) is 0 Å². The molecule has 29 heavy (non-hydrogen) atoms. The second-order valence-electron chi connectivity index (χ2n) is 5.72. The SMILES string of the molecule is COc1ccc(-c2csc(NC(=S)NC(=O)/C=C/c3ccc(Cl)cc3)n2)cc1F. The van der Waals surface area contributed by atoms with Gasteiger partial charge in [-0.1, -0.05) is 23.7 Å². The average Bonchev–Trinajstić information content (AvgIpc) is 3.15. The topological polar surface area (TPSA) is 63.2 Å². The first-order valence-corrected chi connectivity index (χ1v) is 9.96. The summed E-state index contributed by atoms with van der Waals surface area (Å²) in [6.07, 6.45) is 3.01. The maximum atomic E-state index is 13.9. The molecule has 0 unspecified atom stereocenters. The van der Waals surface area contributed by atoms with E-state index in [1.54, 1.807) is 41.8 Å². The number of amides is 1. The largest absolute Gasteiger partial charge is 0.494 e. The monoisotopic (exact) mass is 447 g/mol. The molecule has 0 saturated heterocycles. The number of anilines is 1. The summed E-state index contributed by atoms with van der Waals surface area (Å²) in [5, 5.41) is 8.35. The van der Waals surface area contributed by atoms with Crippen LogP contribution in [0.2, 0.25) is 5.02 Å². The summed E-state index contributed by atoms with van der Waals surface area (Å²) in [6, 6.07) is 11.7. The molecule has 0 aliphatic heterocycles. The van der Waals surface area contributed by atoms with Crippen LogP contribution >= 0.6 is 35.2 Å².